The molecule has 16 heavy (non-hydrogen) atoms. The molecule has 1 saturated heterocycles. The highest BCUT2D eigenvalue weighted by atomic mass is 19.1. The van der Waals surface area contributed by atoms with E-state index >= 15 is 0 Å². The van der Waals surface area contributed by atoms with E-state index in [9.17, 15) is 14.3 Å². The Balaban J connectivity index is 2.38. The van der Waals surface area contributed by atoms with Gasteiger partial charge in [0, 0.05) is 13.2 Å². The summed E-state index contributed by atoms with van der Waals surface area (Å²) < 4.78 is 17.9. The summed E-state index contributed by atoms with van der Waals surface area (Å²) in [6, 6.07) is 2.68. The maximum atomic E-state index is 12.7. The zero-order chi connectivity index (χ0) is 11.6. The lowest BCUT2D eigenvalue weighted by molar-refractivity contribution is -0.148. The molecule has 0 aromatic carbocycles. The van der Waals surface area contributed by atoms with E-state index in [1.165, 1.54) is 12.1 Å². The minimum atomic E-state index is -1.02. The third-order valence-corrected chi connectivity index (χ3v) is 2.97. The standard InChI is InChI=1S/C11H12FNO3/c12-8-1-2-9(13-7-8)11(10(14)15)3-5-16-6-4-11/h1-2,7H,3-6H2,(H,14,15). The summed E-state index contributed by atoms with van der Waals surface area (Å²) in [6.45, 7) is 0.788. The highest BCUT2D eigenvalue weighted by Crippen LogP contribution is 2.33. The quantitative estimate of drug-likeness (QED) is 0.825. The molecule has 1 fully saturated rings. The Morgan fingerprint density at radius 2 is 2.12 bits per heavy atom. The fourth-order valence-corrected chi connectivity index (χ4v) is 1.96. The van der Waals surface area contributed by atoms with Crippen molar-refractivity contribution in [3.05, 3.63) is 29.8 Å². The molecule has 1 N–H and O–H groups in total. The molecule has 0 atom stereocenters. The number of rotatable bonds is 2. The first-order valence-corrected chi connectivity index (χ1v) is 5.08. The van der Waals surface area contributed by atoms with Crippen molar-refractivity contribution in [1.82, 2.24) is 4.98 Å². The van der Waals surface area contributed by atoms with Crippen LogP contribution in [0.25, 0.3) is 0 Å². The van der Waals surface area contributed by atoms with Crippen LogP contribution in [-0.2, 0) is 14.9 Å². The van der Waals surface area contributed by atoms with Gasteiger partial charge in [-0.3, -0.25) is 9.78 Å². The van der Waals surface area contributed by atoms with Crippen molar-refractivity contribution in [3.63, 3.8) is 0 Å². The summed E-state index contributed by atoms with van der Waals surface area (Å²) in [6.07, 6.45) is 1.80. The molecule has 0 amide bonds. The SMILES string of the molecule is O=C(O)C1(c2ccc(F)cn2)CCOCC1. The molecule has 0 saturated carbocycles. The van der Waals surface area contributed by atoms with Crippen molar-refractivity contribution in [2.24, 2.45) is 0 Å². The van der Waals surface area contributed by atoms with Gasteiger partial charge in [0.15, 0.2) is 0 Å². The number of aromatic nitrogens is 1. The lowest BCUT2D eigenvalue weighted by atomic mass is 9.77. The highest BCUT2D eigenvalue weighted by molar-refractivity contribution is 5.80. The predicted octanol–water partition coefficient (Wildman–Crippen LogP) is 1.35. The average Bonchev–Trinajstić information content (AvgIpc) is 2.30. The molecule has 0 unspecified atom stereocenters. The second-order valence-electron chi connectivity index (χ2n) is 3.86. The van der Waals surface area contributed by atoms with E-state index < -0.39 is 17.2 Å². The van der Waals surface area contributed by atoms with Crippen LogP contribution >= 0.6 is 0 Å². The van der Waals surface area contributed by atoms with E-state index in [2.05, 4.69) is 4.98 Å². The van der Waals surface area contributed by atoms with Gasteiger partial charge < -0.3 is 9.84 Å². The lowest BCUT2D eigenvalue weighted by Crippen LogP contribution is -2.42. The van der Waals surface area contributed by atoms with Crippen LogP contribution in [0.2, 0.25) is 0 Å². The van der Waals surface area contributed by atoms with Gasteiger partial charge >= 0.3 is 5.97 Å². The summed E-state index contributed by atoms with van der Waals surface area (Å²) in [7, 11) is 0. The van der Waals surface area contributed by atoms with Crippen molar-refractivity contribution in [3.8, 4) is 0 Å². The number of hydrogen-bond donors (Lipinski definition) is 1. The molecule has 2 rings (SSSR count). The predicted molar refractivity (Wildman–Crippen MR) is 53.6 cm³/mol. The maximum Gasteiger partial charge on any atom is 0.315 e. The fraction of sp³-hybridized carbons (Fsp3) is 0.455. The van der Waals surface area contributed by atoms with Crippen molar-refractivity contribution in [2.75, 3.05) is 13.2 Å². The van der Waals surface area contributed by atoms with Crippen LogP contribution in [-0.4, -0.2) is 29.3 Å². The van der Waals surface area contributed by atoms with Gasteiger partial charge in [-0.25, -0.2) is 4.39 Å². The molecule has 5 heteroatoms. The fourth-order valence-electron chi connectivity index (χ4n) is 1.96. The Morgan fingerprint density at radius 3 is 2.62 bits per heavy atom. The minimum absolute atomic E-state index is 0.376. The number of aliphatic carboxylic acids is 1. The third-order valence-electron chi connectivity index (χ3n) is 2.97. The number of ether oxygens (including phenoxy) is 1. The summed E-state index contributed by atoms with van der Waals surface area (Å²) in [4.78, 5) is 15.3. The van der Waals surface area contributed by atoms with Crippen molar-refractivity contribution in [1.29, 1.82) is 0 Å². The Hall–Kier alpha value is -1.49. The number of pyridine rings is 1. The molecular weight excluding hydrogens is 213 g/mol. The van der Waals surface area contributed by atoms with Crippen LogP contribution in [0.1, 0.15) is 18.5 Å². The number of nitrogens with zero attached hydrogens (tertiary/aromatic N) is 1. The summed E-state index contributed by atoms with van der Waals surface area (Å²) in [5.41, 5.74) is -0.615. The number of carbonyl (C=O) groups is 1. The summed E-state index contributed by atoms with van der Waals surface area (Å²) in [5.74, 6) is -1.38. The van der Waals surface area contributed by atoms with Crippen molar-refractivity contribution >= 4 is 5.97 Å². The van der Waals surface area contributed by atoms with Gasteiger partial charge in [0.1, 0.15) is 11.2 Å². The topological polar surface area (TPSA) is 59.4 Å². The van der Waals surface area contributed by atoms with Gasteiger partial charge in [0.25, 0.3) is 0 Å². The largest absolute Gasteiger partial charge is 0.481 e. The van der Waals surface area contributed by atoms with Gasteiger partial charge in [-0.2, -0.15) is 0 Å². The van der Waals surface area contributed by atoms with E-state index in [4.69, 9.17) is 4.74 Å². The van der Waals surface area contributed by atoms with E-state index in [1.807, 2.05) is 0 Å². The Morgan fingerprint density at radius 1 is 1.44 bits per heavy atom. The number of carboxylic acids is 1. The first kappa shape index (κ1) is 11.0. The Kier molecular flexibility index (Phi) is 2.87. The molecular formula is C11H12FNO3. The first-order valence-electron chi connectivity index (χ1n) is 5.08. The van der Waals surface area contributed by atoms with E-state index in [-0.39, 0.29) is 0 Å². The van der Waals surface area contributed by atoms with Crippen LogP contribution < -0.4 is 0 Å². The molecule has 0 spiro atoms. The number of carboxylic acid groups (broad SMARTS) is 1. The number of hydrogen-bond acceptors (Lipinski definition) is 3. The van der Waals surface area contributed by atoms with E-state index in [1.54, 1.807) is 0 Å². The Bertz CT molecular complexity index is 385. The minimum Gasteiger partial charge on any atom is -0.481 e. The molecule has 1 aromatic rings. The molecule has 1 aromatic heterocycles. The second kappa shape index (κ2) is 4.17. The third kappa shape index (κ3) is 1.78. The molecule has 4 nitrogen and oxygen atoms in total. The molecule has 86 valence electrons. The summed E-state index contributed by atoms with van der Waals surface area (Å²) in [5, 5.41) is 9.32. The van der Waals surface area contributed by atoms with Crippen LogP contribution in [0.4, 0.5) is 4.39 Å². The van der Waals surface area contributed by atoms with Crippen LogP contribution in [0, 0.1) is 5.82 Å². The number of halogens is 1. The second-order valence-corrected chi connectivity index (χ2v) is 3.86. The van der Waals surface area contributed by atoms with Gasteiger partial charge in [0.2, 0.25) is 0 Å². The van der Waals surface area contributed by atoms with Gasteiger partial charge in [-0.15, -0.1) is 0 Å². The molecule has 0 aliphatic carbocycles. The smallest absolute Gasteiger partial charge is 0.315 e. The normalized spacial score (nSPS) is 19.3. The first-order chi connectivity index (χ1) is 7.65. The maximum absolute atomic E-state index is 12.7. The average molecular weight is 225 g/mol. The van der Waals surface area contributed by atoms with Crippen LogP contribution in [0.15, 0.2) is 18.3 Å². The zero-order valence-electron chi connectivity index (χ0n) is 8.65. The van der Waals surface area contributed by atoms with Crippen molar-refractivity contribution < 1.29 is 19.0 Å². The molecule has 1 aliphatic heterocycles. The zero-order valence-corrected chi connectivity index (χ0v) is 8.65. The van der Waals surface area contributed by atoms with Crippen LogP contribution in [0.5, 0.6) is 0 Å². The summed E-state index contributed by atoms with van der Waals surface area (Å²) >= 11 is 0. The van der Waals surface area contributed by atoms with E-state index in [0.29, 0.717) is 31.7 Å². The molecule has 1 aliphatic rings. The lowest BCUT2D eigenvalue weighted by Gasteiger charge is -2.32. The monoisotopic (exact) mass is 225 g/mol. The Labute approximate surface area is 92.1 Å². The van der Waals surface area contributed by atoms with Gasteiger partial charge in [-0.1, -0.05) is 0 Å². The molecule has 0 bridgehead atoms. The molecule has 2 heterocycles. The van der Waals surface area contributed by atoms with Crippen molar-refractivity contribution in [2.45, 2.75) is 18.3 Å². The van der Waals surface area contributed by atoms with Crippen LogP contribution in [0.3, 0.4) is 0 Å². The molecule has 0 radical (unpaired) electrons. The van der Waals surface area contributed by atoms with Gasteiger partial charge in [-0.05, 0) is 25.0 Å². The van der Waals surface area contributed by atoms with Gasteiger partial charge in [0.05, 0.1) is 11.9 Å². The van der Waals surface area contributed by atoms with E-state index in [0.717, 1.165) is 6.20 Å². The highest BCUT2D eigenvalue weighted by Gasteiger charge is 2.43.